The Balaban J connectivity index is 1.63. The number of nitrogen functional groups attached to an aromatic ring is 1. The molecule has 0 bridgehead atoms. The Kier molecular flexibility index (Phi) is 3.07. The molecule has 1 unspecified atom stereocenters. The summed E-state index contributed by atoms with van der Waals surface area (Å²) in [5, 5.41) is 0. The van der Waals surface area contributed by atoms with E-state index in [2.05, 4.69) is 4.98 Å². The molecular formula is C15H15FN2O. The van der Waals surface area contributed by atoms with E-state index in [-0.39, 0.29) is 11.9 Å². The van der Waals surface area contributed by atoms with Gasteiger partial charge in [0.25, 0.3) is 0 Å². The second-order valence-corrected chi connectivity index (χ2v) is 4.81. The quantitative estimate of drug-likeness (QED) is 0.920. The Hall–Kier alpha value is -2.10. The van der Waals surface area contributed by atoms with Crippen molar-refractivity contribution in [1.82, 2.24) is 4.98 Å². The molecule has 0 amide bonds. The molecule has 19 heavy (non-hydrogen) atoms. The van der Waals surface area contributed by atoms with Gasteiger partial charge in [-0.15, -0.1) is 0 Å². The third kappa shape index (κ3) is 2.52. The number of nitrogens with zero attached hydrogens (tertiary/aromatic N) is 1. The summed E-state index contributed by atoms with van der Waals surface area (Å²) in [6.45, 7) is 0. The molecule has 3 nitrogen and oxygen atoms in total. The number of ether oxygens (including phenoxy) is 1. The van der Waals surface area contributed by atoms with Gasteiger partial charge in [-0.3, -0.25) is 4.98 Å². The predicted octanol–water partition coefficient (Wildman–Crippen LogP) is 2.74. The Morgan fingerprint density at radius 3 is 3.11 bits per heavy atom. The van der Waals surface area contributed by atoms with Gasteiger partial charge in [0.2, 0.25) is 0 Å². The van der Waals surface area contributed by atoms with Gasteiger partial charge in [-0.1, -0.05) is 0 Å². The summed E-state index contributed by atoms with van der Waals surface area (Å²) in [6, 6.07) is 6.48. The highest BCUT2D eigenvalue weighted by Gasteiger charge is 2.23. The second kappa shape index (κ2) is 4.88. The van der Waals surface area contributed by atoms with Crippen molar-refractivity contribution in [2.45, 2.75) is 25.4 Å². The van der Waals surface area contributed by atoms with Gasteiger partial charge in [0.1, 0.15) is 17.7 Å². The third-order valence-electron chi connectivity index (χ3n) is 3.44. The zero-order chi connectivity index (χ0) is 13.2. The van der Waals surface area contributed by atoms with E-state index in [9.17, 15) is 4.39 Å². The van der Waals surface area contributed by atoms with Gasteiger partial charge in [-0.05, 0) is 42.7 Å². The van der Waals surface area contributed by atoms with Crippen LogP contribution in [0.1, 0.15) is 17.5 Å². The van der Waals surface area contributed by atoms with Crippen molar-refractivity contribution in [3.8, 4) is 5.75 Å². The van der Waals surface area contributed by atoms with Crippen molar-refractivity contribution < 1.29 is 9.13 Å². The number of rotatable bonds is 3. The molecule has 1 aliphatic heterocycles. The van der Waals surface area contributed by atoms with Gasteiger partial charge >= 0.3 is 0 Å². The van der Waals surface area contributed by atoms with Crippen LogP contribution in [0.3, 0.4) is 0 Å². The normalized spacial score (nSPS) is 17.0. The molecule has 0 aliphatic carbocycles. The standard InChI is InChI=1S/C15H15FN2O/c16-12-2-4-15-11(7-12)8-13(19-15)3-1-10-9-18-6-5-14(10)17/h2,4-7,9,13H,1,3,8H2,(H2,17,18). The molecule has 1 aliphatic rings. The molecule has 1 aromatic heterocycles. The minimum Gasteiger partial charge on any atom is -0.490 e. The van der Waals surface area contributed by atoms with Crippen molar-refractivity contribution in [3.63, 3.8) is 0 Å². The number of hydrogen-bond acceptors (Lipinski definition) is 3. The molecule has 2 aromatic rings. The molecule has 0 fully saturated rings. The summed E-state index contributed by atoms with van der Waals surface area (Å²) in [4.78, 5) is 4.07. The predicted molar refractivity (Wildman–Crippen MR) is 71.5 cm³/mol. The molecule has 98 valence electrons. The first-order valence-corrected chi connectivity index (χ1v) is 6.36. The Labute approximate surface area is 111 Å². The average molecular weight is 258 g/mol. The zero-order valence-electron chi connectivity index (χ0n) is 10.5. The number of nitrogens with two attached hydrogens (primary N) is 1. The van der Waals surface area contributed by atoms with Crippen molar-refractivity contribution in [1.29, 1.82) is 0 Å². The van der Waals surface area contributed by atoms with E-state index in [1.54, 1.807) is 30.6 Å². The maximum atomic E-state index is 13.1. The minimum absolute atomic E-state index is 0.0939. The first-order valence-electron chi connectivity index (χ1n) is 6.36. The minimum atomic E-state index is -0.209. The van der Waals surface area contributed by atoms with Crippen LogP contribution in [-0.2, 0) is 12.8 Å². The molecule has 4 heteroatoms. The lowest BCUT2D eigenvalue weighted by molar-refractivity contribution is 0.222. The number of pyridine rings is 1. The fourth-order valence-corrected chi connectivity index (χ4v) is 2.41. The summed E-state index contributed by atoms with van der Waals surface area (Å²) < 4.78 is 18.9. The number of fused-ring (bicyclic) bond motifs is 1. The maximum Gasteiger partial charge on any atom is 0.123 e. The molecule has 2 N–H and O–H groups in total. The van der Waals surface area contributed by atoms with E-state index in [0.717, 1.165) is 41.8 Å². The van der Waals surface area contributed by atoms with Crippen LogP contribution in [0.4, 0.5) is 10.1 Å². The lowest BCUT2D eigenvalue weighted by Crippen LogP contribution is -2.14. The number of aryl methyl sites for hydroxylation is 1. The van der Waals surface area contributed by atoms with E-state index in [4.69, 9.17) is 10.5 Å². The smallest absolute Gasteiger partial charge is 0.123 e. The van der Waals surface area contributed by atoms with Crippen molar-refractivity contribution >= 4 is 5.69 Å². The summed E-state index contributed by atoms with van der Waals surface area (Å²) >= 11 is 0. The summed E-state index contributed by atoms with van der Waals surface area (Å²) in [5.74, 6) is 0.588. The number of hydrogen-bond donors (Lipinski definition) is 1. The average Bonchev–Trinajstić information content (AvgIpc) is 2.79. The summed E-state index contributed by atoms with van der Waals surface area (Å²) in [7, 11) is 0. The monoisotopic (exact) mass is 258 g/mol. The molecule has 2 heterocycles. The van der Waals surface area contributed by atoms with Gasteiger partial charge in [0, 0.05) is 30.1 Å². The number of aromatic nitrogens is 1. The largest absolute Gasteiger partial charge is 0.490 e. The summed E-state index contributed by atoms with van der Waals surface area (Å²) in [5.41, 5.74) is 8.62. The van der Waals surface area contributed by atoms with E-state index in [0.29, 0.717) is 0 Å². The van der Waals surface area contributed by atoms with Gasteiger partial charge in [0.15, 0.2) is 0 Å². The van der Waals surface area contributed by atoms with Crippen molar-refractivity contribution in [2.75, 3.05) is 5.73 Å². The molecule has 0 saturated heterocycles. The summed E-state index contributed by atoms with van der Waals surface area (Å²) in [6.07, 6.45) is 6.00. The van der Waals surface area contributed by atoms with E-state index >= 15 is 0 Å². The lowest BCUT2D eigenvalue weighted by atomic mass is 10.0. The van der Waals surface area contributed by atoms with Crippen LogP contribution in [0.2, 0.25) is 0 Å². The van der Waals surface area contributed by atoms with Gasteiger partial charge in [0.05, 0.1) is 0 Å². The van der Waals surface area contributed by atoms with Gasteiger partial charge in [-0.2, -0.15) is 0 Å². The highest BCUT2D eigenvalue weighted by atomic mass is 19.1. The molecule has 0 saturated carbocycles. The molecular weight excluding hydrogens is 243 g/mol. The van der Waals surface area contributed by atoms with Crippen LogP contribution < -0.4 is 10.5 Å². The van der Waals surface area contributed by atoms with Crippen LogP contribution in [0.15, 0.2) is 36.7 Å². The Morgan fingerprint density at radius 2 is 2.26 bits per heavy atom. The Bertz CT molecular complexity index is 600. The van der Waals surface area contributed by atoms with E-state index in [1.807, 2.05) is 0 Å². The number of benzene rings is 1. The zero-order valence-corrected chi connectivity index (χ0v) is 10.5. The molecule has 1 aromatic carbocycles. The topological polar surface area (TPSA) is 48.1 Å². The molecule has 1 atom stereocenters. The SMILES string of the molecule is Nc1ccncc1CCC1Cc2cc(F)ccc2O1. The lowest BCUT2D eigenvalue weighted by Gasteiger charge is -2.11. The van der Waals surface area contributed by atoms with Crippen molar-refractivity contribution in [3.05, 3.63) is 53.6 Å². The van der Waals surface area contributed by atoms with Gasteiger partial charge in [-0.25, -0.2) is 4.39 Å². The van der Waals surface area contributed by atoms with Crippen LogP contribution in [0.5, 0.6) is 5.75 Å². The Morgan fingerprint density at radius 1 is 1.37 bits per heavy atom. The highest BCUT2D eigenvalue weighted by molar-refractivity contribution is 5.44. The second-order valence-electron chi connectivity index (χ2n) is 4.81. The van der Waals surface area contributed by atoms with Crippen LogP contribution in [0, 0.1) is 5.82 Å². The van der Waals surface area contributed by atoms with Crippen LogP contribution in [0.25, 0.3) is 0 Å². The molecule has 0 spiro atoms. The first kappa shape index (κ1) is 12.0. The van der Waals surface area contributed by atoms with Crippen LogP contribution >= 0.6 is 0 Å². The maximum absolute atomic E-state index is 13.1. The third-order valence-corrected chi connectivity index (χ3v) is 3.44. The van der Waals surface area contributed by atoms with Crippen molar-refractivity contribution in [2.24, 2.45) is 0 Å². The van der Waals surface area contributed by atoms with E-state index in [1.165, 1.54) is 6.07 Å². The highest BCUT2D eigenvalue weighted by Crippen LogP contribution is 2.31. The van der Waals surface area contributed by atoms with Crippen LogP contribution in [-0.4, -0.2) is 11.1 Å². The van der Waals surface area contributed by atoms with E-state index < -0.39 is 0 Å². The first-order chi connectivity index (χ1) is 9.22. The number of anilines is 1. The fraction of sp³-hybridized carbons (Fsp3) is 0.267. The van der Waals surface area contributed by atoms with Gasteiger partial charge < -0.3 is 10.5 Å². The number of halogens is 1. The fourth-order valence-electron chi connectivity index (χ4n) is 2.41. The molecule has 3 rings (SSSR count). The molecule has 0 radical (unpaired) electrons.